The lowest BCUT2D eigenvalue weighted by molar-refractivity contribution is -0.384. The summed E-state index contributed by atoms with van der Waals surface area (Å²) in [5.41, 5.74) is 0.0350. The van der Waals surface area contributed by atoms with Crippen molar-refractivity contribution in [3.8, 4) is 11.5 Å². The Labute approximate surface area is 151 Å². The van der Waals surface area contributed by atoms with Gasteiger partial charge < -0.3 is 14.0 Å². The van der Waals surface area contributed by atoms with E-state index in [9.17, 15) is 10.1 Å². The molecule has 3 aromatic rings. The van der Waals surface area contributed by atoms with Crippen LogP contribution >= 0.6 is 0 Å². The summed E-state index contributed by atoms with van der Waals surface area (Å²) >= 11 is 0. The van der Waals surface area contributed by atoms with Gasteiger partial charge in [0.05, 0.1) is 11.3 Å². The zero-order valence-corrected chi connectivity index (χ0v) is 14.1. The minimum Gasteiger partial charge on any atom is -0.490 e. The molecule has 0 saturated carbocycles. The molecule has 3 rings (SSSR count). The first-order valence-electron chi connectivity index (χ1n) is 8.25. The molecule has 0 aliphatic carbocycles. The number of non-ortho nitro benzene ring substituents is 1. The Morgan fingerprint density at radius 2 is 1.85 bits per heavy atom. The molecule has 0 saturated heterocycles. The molecule has 0 spiro atoms. The third-order valence-electron chi connectivity index (χ3n) is 3.80. The van der Waals surface area contributed by atoms with Gasteiger partial charge in [-0.1, -0.05) is 18.2 Å². The lowest BCUT2D eigenvalue weighted by atomic mass is 10.2. The van der Waals surface area contributed by atoms with Crippen molar-refractivity contribution in [3.05, 3.63) is 83.4 Å². The molecule has 7 nitrogen and oxygen atoms in total. The number of hydrogen-bond donors (Lipinski definition) is 0. The fraction of sp³-hybridized carbons (Fsp3) is 0.211. The van der Waals surface area contributed by atoms with Gasteiger partial charge >= 0.3 is 0 Å². The quantitative estimate of drug-likeness (QED) is 0.433. The first-order valence-corrected chi connectivity index (χ1v) is 8.25. The van der Waals surface area contributed by atoms with E-state index in [0.29, 0.717) is 18.8 Å². The van der Waals surface area contributed by atoms with Gasteiger partial charge in [0, 0.05) is 37.5 Å². The number of rotatable bonds is 9. The van der Waals surface area contributed by atoms with E-state index in [0.717, 1.165) is 12.3 Å². The average Bonchev–Trinajstić information content (AvgIpc) is 3.19. The van der Waals surface area contributed by atoms with E-state index < -0.39 is 4.92 Å². The van der Waals surface area contributed by atoms with Gasteiger partial charge in [-0.15, -0.1) is 0 Å². The average molecular weight is 353 g/mol. The largest absolute Gasteiger partial charge is 0.490 e. The van der Waals surface area contributed by atoms with Crippen LogP contribution in [-0.2, 0) is 6.54 Å². The second-order valence-electron chi connectivity index (χ2n) is 5.70. The maximum Gasteiger partial charge on any atom is 0.269 e. The molecule has 1 heterocycles. The van der Waals surface area contributed by atoms with E-state index in [1.54, 1.807) is 24.7 Å². The third kappa shape index (κ3) is 5.07. The van der Waals surface area contributed by atoms with Crippen molar-refractivity contribution in [2.24, 2.45) is 0 Å². The minimum absolute atomic E-state index is 0.0350. The topological polar surface area (TPSA) is 79.4 Å². The SMILES string of the molecule is O=[N+]([O-])c1ccc(OC(CCn2ccnc2)COc2ccccc2)cc1. The fourth-order valence-electron chi connectivity index (χ4n) is 2.43. The zero-order valence-electron chi connectivity index (χ0n) is 14.1. The summed E-state index contributed by atoms with van der Waals surface area (Å²) in [4.78, 5) is 14.4. The highest BCUT2D eigenvalue weighted by molar-refractivity contribution is 5.36. The maximum absolute atomic E-state index is 10.8. The Bertz CT molecular complexity index is 805. The van der Waals surface area contributed by atoms with Gasteiger partial charge in [0.25, 0.3) is 5.69 Å². The Morgan fingerprint density at radius 3 is 2.50 bits per heavy atom. The van der Waals surface area contributed by atoms with Crippen molar-refractivity contribution < 1.29 is 14.4 Å². The van der Waals surface area contributed by atoms with Crippen LogP contribution in [0.25, 0.3) is 0 Å². The molecule has 0 aliphatic rings. The van der Waals surface area contributed by atoms with Crippen molar-refractivity contribution in [2.45, 2.75) is 19.1 Å². The monoisotopic (exact) mass is 353 g/mol. The molecule has 1 unspecified atom stereocenters. The number of hydrogen-bond acceptors (Lipinski definition) is 5. The van der Waals surface area contributed by atoms with Gasteiger partial charge in [-0.25, -0.2) is 4.98 Å². The lowest BCUT2D eigenvalue weighted by Crippen LogP contribution is -2.26. The molecule has 0 bridgehead atoms. The van der Waals surface area contributed by atoms with Gasteiger partial charge in [-0.2, -0.15) is 0 Å². The van der Waals surface area contributed by atoms with Crippen LogP contribution in [0.1, 0.15) is 6.42 Å². The van der Waals surface area contributed by atoms with Gasteiger partial charge in [-0.05, 0) is 24.3 Å². The van der Waals surface area contributed by atoms with Crippen LogP contribution in [0, 0.1) is 10.1 Å². The first-order chi connectivity index (χ1) is 12.7. The van der Waals surface area contributed by atoms with E-state index in [1.807, 2.05) is 41.1 Å². The zero-order chi connectivity index (χ0) is 18.2. The van der Waals surface area contributed by atoms with Crippen molar-refractivity contribution in [1.29, 1.82) is 0 Å². The molecule has 0 radical (unpaired) electrons. The van der Waals surface area contributed by atoms with Crippen molar-refractivity contribution in [2.75, 3.05) is 6.61 Å². The van der Waals surface area contributed by atoms with Crippen molar-refractivity contribution in [1.82, 2.24) is 9.55 Å². The first kappa shape index (κ1) is 17.5. The van der Waals surface area contributed by atoms with E-state index in [1.165, 1.54) is 12.1 Å². The number of aryl methyl sites for hydroxylation is 1. The number of imidazole rings is 1. The Hall–Kier alpha value is -3.35. The number of nitro benzene ring substituents is 1. The molecule has 26 heavy (non-hydrogen) atoms. The molecule has 1 atom stereocenters. The van der Waals surface area contributed by atoms with E-state index >= 15 is 0 Å². The second-order valence-corrected chi connectivity index (χ2v) is 5.70. The molecule has 2 aromatic carbocycles. The predicted octanol–water partition coefficient (Wildman–Crippen LogP) is 3.71. The number of nitrogens with zero attached hydrogens (tertiary/aromatic N) is 3. The van der Waals surface area contributed by atoms with Crippen LogP contribution in [0.15, 0.2) is 73.3 Å². The predicted molar refractivity (Wildman–Crippen MR) is 96.3 cm³/mol. The summed E-state index contributed by atoms with van der Waals surface area (Å²) in [5, 5.41) is 10.8. The minimum atomic E-state index is -0.432. The third-order valence-corrected chi connectivity index (χ3v) is 3.80. The summed E-state index contributed by atoms with van der Waals surface area (Å²) in [5.74, 6) is 1.34. The van der Waals surface area contributed by atoms with E-state index in [-0.39, 0.29) is 11.8 Å². The van der Waals surface area contributed by atoms with Gasteiger partial charge in [0.2, 0.25) is 0 Å². The lowest BCUT2D eigenvalue weighted by Gasteiger charge is -2.20. The van der Waals surface area contributed by atoms with Crippen LogP contribution in [0.3, 0.4) is 0 Å². The number of para-hydroxylation sites is 1. The highest BCUT2D eigenvalue weighted by Gasteiger charge is 2.14. The smallest absolute Gasteiger partial charge is 0.269 e. The molecule has 7 heteroatoms. The molecule has 0 aliphatic heterocycles. The fourth-order valence-corrected chi connectivity index (χ4v) is 2.43. The summed E-state index contributed by atoms with van der Waals surface area (Å²) in [6, 6.07) is 15.6. The standard InChI is InChI=1S/C19H19N3O4/c23-22(24)16-6-8-18(9-7-16)26-19(10-12-21-13-11-20-15-21)14-25-17-4-2-1-3-5-17/h1-9,11,13,15,19H,10,12,14H2. The Morgan fingerprint density at radius 1 is 1.08 bits per heavy atom. The van der Waals surface area contributed by atoms with Gasteiger partial charge in [-0.3, -0.25) is 10.1 Å². The van der Waals surface area contributed by atoms with Crippen LogP contribution in [0.4, 0.5) is 5.69 Å². The summed E-state index contributed by atoms with van der Waals surface area (Å²) in [7, 11) is 0. The number of aromatic nitrogens is 2. The number of benzene rings is 2. The molecule has 0 N–H and O–H groups in total. The molecule has 0 amide bonds. The maximum atomic E-state index is 10.8. The molecule has 1 aromatic heterocycles. The summed E-state index contributed by atoms with van der Waals surface area (Å²) in [6.45, 7) is 1.10. The summed E-state index contributed by atoms with van der Waals surface area (Å²) in [6.07, 6.45) is 5.87. The Kier molecular flexibility index (Phi) is 5.82. The van der Waals surface area contributed by atoms with E-state index in [2.05, 4.69) is 4.98 Å². The van der Waals surface area contributed by atoms with Gasteiger partial charge in [0.15, 0.2) is 0 Å². The number of ether oxygens (including phenoxy) is 2. The Balaban J connectivity index is 1.63. The van der Waals surface area contributed by atoms with Crippen LogP contribution in [0.2, 0.25) is 0 Å². The number of nitro groups is 1. The molecule has 0 fully saturated rings. The molecule has 134 valence electrons. The van der Waals surface area contributed by atoms with Crippen molar-refractivity contribution in [3.63, 3.8) is 0 Å². The highest BCUT2D eigenvalue weighted by Crippen LogP contribution is 2.20. The van der Waals surface area contributed by atoms with Crippen LogP contribution in [0.5, 0.6) is 11.5 Å². The summed E-state index contributed by atoms with van der Waals surface area (Å²) < 4.78 is 13.8. The molecular weight excluding hydrogens is 334 g/mol. The van der Waals surface area contributed by atoms with E-state index in [4.69, 9.17) is 9.47 Å². The van der Waals surface area contributed by atoms with Crippen LogP contribution < -0.4 is 9.47 Å². The van der Waals surface area contributed by atoms with Crippen LogP contribution in [-0.4, -0.2) is 27.2 Å². The normalized spacial score (nSPS) is 11.7. The van der Waals surface area contributed by atoms with Crippen molar-refractivity contribution >= 4 is 5.69 Å². The highest BCUT2D eigenvalue weighted by atomic mass is 16.6. The molecular formula is C19H19N3O4. The van der Waals surface area contributed by atoms with Gasteiger partial charge in [0.1, 0.15) is 24.2 Å². The second kappa shape index (κ2) is 8.66.